The van der Waals surface area contributed by atoms with Crippen LogP contribution in [0, 0.1) is 6.92 Å². The van der Waals surface area contributed by atoms with Crippen molar-refractivity contribution in [3.63, 3.8) is 0 Å². The van der Waals surface area contributed by atoms with Crippen molar-refractivity contribution in [2.24, 2.45) is 0 Å². The summed E-state index contributed by atoms with van der Waals surface area (Å²) in [6, 6.07) is 19.6. The fourth-order valence-corrected chi connectivity index (χ4v) is 3.76. The van der Waals surface area contributed by atoms with Crippen molar-refractivity contribution in [1.29, 1.82) is 0 Å². The molecule has 1 fully saturated rings. The molecule has 1 heterocycles. The van der Waals surface area contributed by atoms with Gasteiger partial charge in [-0.3, -0.25) is 0 Å². The summed E-state index contributed by atoms with van der Waals surface area (Å²) >= 11 is 0. The molecule has 0 radical (unpaired) electrons. The largest absolute Gasteiger partial charge is 0.461 e. The Kier molecular flexibility index (Phi) is 6.36. The molecule has 0 spiro atoms. The Hall–Kier alpha value is -2.74. The molecule has 1 unspecified atom stereocenters. The maximum absolute atomic E-state index is 10.4. The van der Waals surface area contributed by atoms with Crippen molar-refractivity contribution in [2.75, 3.05) is 6.61 Å². The van der Waals surface area contributed by atoms with Crippen LogP contribution in [-0.4, -0.2) is 57.7 Å². The molecular formula is C25H26O6. The van der Waals surface area contributed by atoms with Gasteiger partial charge in [-0.2, -0.15) is 0 Å². The molecule has 5 atom stereocenters. The summed E-state index contributed by atoms with van der Waals surface area (Å²) in [4.78, 5) is 0. The fraction of sp³-hybridized carbons (Fsp3) is 0.280. The van der Waals surface area contributed by atoms with Crippen LogP contribution < -0.4 is 4.74 Å². The highest BCUT2D eigenvalue weighted by molar-refractivity contribution is 5.93. The molecule has 6 heteroatoms. The Labute approximate surface area is 180 Å². The highest BCUT2D eigenvalue weighted by atomic mass is 16.7. The van der Waals surface area contributed by atoms with Gasteiger partial charge >= 0.3 is 0 Å². The van der Waals surface area contributed by atoms with E-state index in [4.69, 9.17) is 9.47 Å². The minimum atomic E-state index is -1.50. The predicted octanol–water partition coefficient (Wildman–Crippen LogP) is 2.50. The average Bonchev–Trinajstić information content (AvgIpc) is 2.78. The second-order valence-corrected chi connectivity index (χ2v) is 7.77. The van der Waals surface area contributed by atoms with E-state index in [0.717, 1.165) is 27.5 Å². The quantitative estimate of drug-likeness (QED) is 0.472. The SMILES string of the molecule is Cc1cccc(/C=C/c2ccc3ccccc3c2OC2O[C@H](CO)[C@@H](O)[C@H](O)[C@H]2O)c1. The molecule has 1 aliphatic rings. The van der Waals surface area contributed by atoms with Gasteiger partial charge in [0, 0.05) is 10.9 Å². The number of ether oxygens (including phenoxy) is 2. The van der Waals surface area contributed by atoms with Crippen LogP contribution in [0.25, 0.3) is 22.9 Å². The van der Waals surface area contributed by atoms with E-state index >= 15 is 0 Å². The Balaban J connectivity index is 1.72. The summed E-state index contributed by atoms with van der Waals surface area (Å²) in [5.74, 6) is 0.478. The summed E-state index contributed by atoms with van der Waals surface area (Å²) in [5.41, 5.74) is 2.95. The van der Waals surface area contributed by atoms with E-state index in [0.29, 0.717) is 5.75 Å². The Morgan fingerprint density at radius 2 is 1.71 bits per heavy atom. The zero-order chi connectivity index (χ0) is 22.0. The highest BCUT2D eigenvalue weighted by Gasteiger charge is 2.45. The Morgan fingerprint density at radius 1 is 0.903 bits per heavy atom. The number of aryl methyl sites for hydroxylation is 1. The van der Waals surface area contributed by atoms with Crippen LogP contribution in [0.3, 0.4) is 0 Å². The summed E-state index contributed by atoms with van der Waals surface area (Å²) in [6.07, 6.45) is -2.83. The lowest BCUT2D eigenvalue weighted by atomic mass is 9.99. The van der Waals surface area contributed by atoms with Crippen LogP contribution in [0.15, 0.2) is 60.7 Å². The zero-order valence-electron chi connectivity index (χ0n) is 17.1. The molecule has 4 rings (SSSR count). The zero-order valence-corrected chi connectivity index (χ0v) is 17.1. The molecule has 3 aromatic rings. The van der Waals surface area contributed by atoms with Crippen LogP contribution in [0.5, 0.6) is 5.75 Å². The minimum absolute atomic E-state index is 0.478. The lowest BCUT2D eigenvalue weighted by Crippen LogP contribution is -2.60. The van der Waals surface area contributed by atoms with Crippen LogP contribution in [0.2, 0.25) is 0 Å². The molecule has 0 aromatic heterocycles. The molecule has 1 aliphatic heterocycles. The molecule has 1 saturated heterocycles. The number of rotatable bonds is 5. The minimum Gasteiger partial charge on any atom is -0.461 e. The second-order valence-electron chi connectivity index (χ2n) is 7.77. The molecular weight excluding hydrogens is 396 g/mol. The third-order valence-electron chi connectivity index (χ3n) is 5.49. The molecule has 0 aliphatic carbocycles. The first-order valence-electron chi connectivity index (χ1n) is 10.2. The van der Waals surface area contributed by atoms with E-state index in [1.54, 1.807) is 0 Å². The van der Waals surface area contributed by atoms with Crippen LogP contribution in [-0.2, 0) is 4.74 Å². The van der Waals surface area contributed by atoms with E-state index in [1.807, 2.05) is 73.7 Å². The molecule has 4 N–H and O–H groups in total. The molecule has 0 bridgehead atoms. The maximum Gasteiger partial charge on any atom is 0.229 e. The van der Waals surface area contributed by atoms with Crippen molar-refractivity contribution in [3.8, 4) is 5.75 Å². The van der Waals surface area contributed by atoms with Gasteiger partial charge in [0.1, 0.15) is 30.2 Å². The van der Waals surface area contributed by atoms with Crippen molar-refractivity contribution in [1.82, 2.24) is 0 Å². The molecule has 3 aromatic carbocycles. The van der Waals surface area contributed by atoms with Crippen molar-refractivity contribution in [3.05, 3.63) is 77.4 Å². The lowest BCUT2D eigenvalue weighted by molar-refractivity contribution is -0.277. The topological polar surface area (TPSA) is 99.4 Å². The van der Waals surface area contributed by atoms with E-state index < -0.39 is 37.3 Å². The highest BCUT2D eigenvalue weighted by Crippen LogP contribution is 2.34. The Morgan fingerprint density at radius 3 is 2.48 bits per heavy atom. The Bertz CT molecular complexity index is 1080. The van der Waals surface area contributed by atoms with E-state index in [1.165, 1.54) is 0 Å². The first-order chi connectivity index (χ1) is 15.0. The number of hydrogen-bond acceptors (Lipinski definition) is 6. The van der Waals surface area contributed by atoms with Gasteiger partial charge in [0.15, 0.2) is 0 Å². The van der Waals surface area contributed by atoms with Crippen molar-refractivity contribution < 1.29 is 29.9 Å². The standard InChI is InChI=1S/C25H26O6/c1-15-5-4-6-16(13-15)9-10-18-12-11-17-7-2-3-8-19(17)24(18)31-25-23(29)22(28)21(27)20(14-26)30-25/h2-13,20-23,25-29H,14H2,1H3/b10-9+/t20-,21-,22+,23-,25?/m1/s1. The molecule has 6 nitrogen and oxygen atoms in total. The average molecular weight is 422 g/mol. The van der Waals surface area contributed by atoms with Crippen LogP contribution >= 0.6 is 0 Å². The number of hydrogen-bond donors (Lipinski definition) is 4. The summed E-state index contributed by atoms with van der Waals surface area (Å²) in [7, 11) is 0. The van der Waals surface area contributed by atoms with Crippen LogP contribution in [0.1, 0.15) is 16.7 Å². The maximum atomic E-state index is 10.4. The third kappa shape index (κ3) is 4.49. The number of aliphatic hydroxyl groups excluding tert-OH is 4. The van der Waals surface area contributed by atoms with Crippen LogP contribution in [0.4, 0.5) is 0 Å². The van der Waals surface area contributed by atoms with Gasteiger partial charge in [-0.05, 0) is 17.9 Å². The van der Waals surface area contributed by atoms with Gasteiger partial charge in [0.2, 0.25) is 6.29 Å². The third-order valence-corrected chi connectivity index (χ3v) is 5.49. The first kappa shape index (κ1) is 21.5. The molecule has 31 heavy (non-hydrogen) atoms. The molecule has 0 amide bonds. The predicted molar refractivity (Wildman–Crippen MR) is 118 cm³/mol. The van der Waals surface area contributed by atoms with Gasteiger partial charge in [0.05, 0.1) is 6.61 Å². The lowest BCUT2D eigenvalue weighted by Gasteiger charge is -2.39. The number of fused-ring (bicyclic) bond motifs is 1. The number of benzene rings is 3. The van der Waals surface area contributed by atoms with Gasteiger partial charge < -0.3 is 29.9 Å². The van der Waals surface area contributed by atoms with E-state index in [9.17, 15) is 20.4 Å². The van der Waals surface area contributed by atoms with Gasteiger partial charge in [-0.1, -0.05) is 78.4 Å². The molecule has 0 saturated carbocycles. The first-order valence-corrected chi connectivity index (χ1v) is 10.2. The van der Waals surface area contributed by atoms with Crippen molar-refractivity contribution in [2.45, 2.75) is 37.6 Å². The summed E-state index contributed by atoms with van der Waals surface area (Å²) in [5, 5.41) is 41.8. The fourth-order valence-electron chi connectivity index (χ4n) is 3.76. The monoisotopic (exact) mass is 422 g/mol. The smallest absolute Gasteiger partial charge is 0.229 e. The van der Waals surface area contributed by atoms with Gasteiger partial charge in [0.25, 0.3) is 0 Å². The van der Waals surface area contributed by atoms with Gasteiger partial charge in [-0.15, -0.1) is 0 Å². The molecule has 162 valence electrons. The van der Waals surface area contributed by atoms with E-state index in [-0.39, 0.29) is 0 Å². The number of aliphatic hydroxyl groups is 4. The second kappa shape index (κ2) is 9.18. The van der Waals surface area contributed by atoms with Gasteiger partial charge in [-0.25, -0.2) is 0 Å². The normalized spacial score (nSPS) is 26.4. The van der Waals surface area contributed by atoms with Crippen molar-refractivity contribution >= 4 is 22.9 Å². The summed E-state index contributed by atoms with van der Waals surface area (Å²) < 4.78 is 11.6. The summed E-state index contributed by atoms with van der Waals surface area (Å²) in [6.45, 7) is 1.52. The van der Waals surface area contributed by atoms with E-state index in [2.05, 4.69) is 6.07 Å².